The Labute approximate surface area is 96.3 Å². The van der Waals surface area contributed by atoms with Crippen molar-refractivity contribution < 1.29 is 8.42 Å². The predicted molar refractivity (Wildman–Crippen MR) is 64.2 cm³/mol. The van der Waals surface area contributed by atoms with Gasteiger partial charge in [0.1, 0.15) is 0 Å². The first-order valence-corrected chi connectivity index (χ1v) is 6.43. The van der Waals surface area contributed by atoms with Gasteiger partial charge in [0.15, 0.2) is 0 Å². The number of nitrogens with two attached hydrogens (primary N) is 1. The molecule has 1 aromatic carbocycles. The van der Waals surface area contributed by atoms with E-state index in [0.717, 1.165) is 12.0 Å². The van der Waals surface area contributed by atoms with Crippen molar-refractivity contribution in [3.05, 3.63) is 23.8 Å². The molecular formula is C10H17N3O2S. The van der Waals surface area contributed by atoms with E-state index in [1.54, 1.807) is 26.2 Å². The molecule has 5 nitrogen and oxygen atoms in total. The van der Waals surface area contributed by atoms with Crippen molar-refractivity contribution in [2.24, 2.45) is 0 Å². The molecule has 0 aliphatic rings. The van der Waals surface area contributed by atoms with Crippen LogP contribution in [0, 0.1) is 0 Å². The lowest BCUT2D eigenvalue weighted by Gasteiger charge is -2.13. The van der Waals surface area contributed by atoms with Gasteiger partial charge in [-0.25, -0.2) is 13.4 Å². The molecule has 0 aliphatic heterocycles. The van der Waals surface area contributed by atoms with E-state index < -0.39 is 10.0 Å². The second-order valence-electron chi connectivity index (χ2n) is 3.70. The van der Waals surface area contributed by atoms with Crippen molar-refractivity contribution in [3.63, 3.8) is 0 Å². The van der Waals surface area contributed by atoms with Crippen LogP contribution < -0.4 is 10.6 Å². The third kappa shape index (κ3) is 2.94. The van der Waals surface area contributed by atoms with Gasteiger partial charge >= 0.3 is 0 Å². The molecule has 0 aromatic heterocycles. The molecule has 1 rings (SSSR count). The van der Waals surface area contributed by atoms with Crippen molar-refractivity contribution in [1.82, 2.24) is 9.84 Å². The summed E-state index contributed by atoms with van der Waals surface area (Å²) in [5.74, 6) is 0. The lowest BCUT2D eigenvalue weighted by Crippen LogP contribution is -2.36. The van der Waals surface area contributed by atoms with Crippen molar-refractivity contribution in [2.75, 3.05) is 19.8 Å². The van der Waals surface area contributed by atoms with Gasteiger partial charge in [0.05, 0.1) is 4.90 Å². The van der Waals surface area contributed by atoms with E-state index in [1.165, 1.54) is 11.1 Å². The number of rotatable bonds is 4. The van der Waals surface area contributed by atoms with E-state index in [4.69, 9.17) is 5.73 Å². The van der Waals surface area contributed by atoms with E-state index in [-0.39, 0.29) is 4.90 Å². The molecule has 0 amide bonds. The topological polar surface area (TPSA) is 75.4 Å². The summed E-state index contributed by atoms with van der Waals surface area (Å²) in [6, 6.07) is 4.77. The van der Waals surface area contributed by atoms with Gasteiger partial charge in [-0.15, -0.1) is 4.83 Å². The number of aryl methyl sites for hydroxylation is 1. The summed E-state index contributed by atoms with van der Waals surface area (Å²) < 4.78 is 23.6. The molecule has 0 unspecified atom stereocenters. The third-order valence-electron chi connectivity index (χ3n) is 2.11. The summed E-state index contributed by atoms with van der Waals surface area (Å²) in [6.45, 7) is 1.97. The number of nitrogens with one attached hydrogen (secondary N) is 1. The largest absolute Gasteiger partial charge is 0.398 e. The van der Waals surface area contributed by atoms with Gasteiger partial charge in [0.2, 0.25) is 0 Å². The van der Waals surface area contributed by atoms with Gasteiger partial charge in [-0.2, -0.15) is 0 Å². The van der Waals surface area contributed by atoms with Crippen LogP contribution in [-0.4, -0.2) is 27.5 Å². The quantitative estimate of drug-likeness (QED) is 0.599. The van der Waals surface area contributed by atoms with Gasteiger partial charge in [-0.1, -0.05) is 13.0 Å². The molecule has 3 N–H and O–H groups in total. The molecule has 0 saturated carbocycles. The molecule has 0 radical (unpaired) electrons. The first kappa shape index (κ1) is 13.0. The number of benzene rings is 1. The Morgan fingerprint density at radius 1 is 1.38 bits per heavy atom. The van der Waals surface area contributed by atoms with Gasteiger partial charge in [-0.05, 0) is 24.1 Å². The zero-order chi connectivity index (χ0) is 12.3. The Kier molecular flexibility index (Phi) is 3.90. The number of hydrazine groups is 1. The van der Waals surface area contributed by atoms with Gasteiger partial charge in [0.25, 0.3) is 10.0 Å². The second-order valence-corrected chi connectivity index (χ2v) is 5.36. The van der Waals surface area contributed by atoms with Crippen LogP contribution in [0.3, 0.4) is 0 Å². The predicted octanol–water partition coefficient (Wildman–Crippen LogP) is 0.586. The van der Waals surface area contributed by atoms with E-state index >= 15 is 0 Å². The monoisotopic (exact) mass is 243 g/mol. The van der Waals surface area contributed by atoms with Crippen LogP contribution >= 0.6 is 0 Å². The minimum atomic E-state index is -3.51. The maximum atomic E-state index is 11.8. The van der Waals surface area contributed by atoms with Crippen molar-refractivity contribution in [3.8, 4) is 0 Å². The highest BCUT2D eigenvalue weighted by Gasteiger charge is 2.15. The molecule has 0 atom stereocenters. The molecule has 6 heteroatoms. The molecule has 0 heterocycles. The highest BCUT2D eigenvalue weighted by Crippen LogP contribution is 2.18. The fourth-order valence-corrected chi connectivity index (χ4v) is 2.47. The summed E-state index contributed by atoms with van der Waals surface area (Å²) in [6.07, 6.45) is 0.785. The Balaban J connectivity index is 3.10. The lowest BCUT2D eigenvalue weighted by atomic mass is 10.1. The number of sulfonamides is 1. The minimum absolute atomic E-state index is 0.177. The summed E-state index contributed by atoms with van der Waals surface area (Å²) >= 11 is 0. The highest BCUT2D eigenvalue weighted by molar-refractivity contribution is 7.89. The molecule has 90 valence electrons. The number of nitrogens with zero attached hydrogens (tertiary/aromatic N) is 1. The molecule has 0 aliphatic carbocycles. The Bertz CT molecular complexity index is 469. The first-order chi connectivity index (χ1) is 7.36. The maximum Gasteiger partial charge on any atom is 0.253 e. The van der Waals surface area contributed by atoms with Crippen molar-refractivity contribution in [1.29, 1.82) is 0 Å². The van der Waals surface area contributed by atoms with Crippen molar-refractivity contribution in [2.45, 2.75) is 18.2 Å². The average Bonchev–Trinajstić information content (AvgIpc) is 2.15. The van der Waals surface area contributed by atoms with Crippen LogP contribution in [0.5, 0.6) is 0 Å². The standard InChI is InChI=1S/C10H17N3O2S/c1-4-8-5-6-9(7-10(8)11)16(14,15)12-13(2)3/h5-7,12H,4,11H2,1-3H3. The Morgan fingerprint density at radius 3 is 2.44 bits per heavy atom. The Hall–Kier alpha value is -1.11. The minimum Gasteiger partial charge on any atom is -0.398 e. The molecule has 0 spiro atoms. The van der Waals surface area contributed by atoms with Crippen LogP contribution in [0.1, 0.15) is 12.5 Å². The fraction of sp³-hybridized carbons (Fsp3) is 0.400. The highest BCUT2D eigenvalue weighted by atomic mass is 32.2. The van der Waals surface area contributed by atoms with Crippen LogP contribution in [0.4, 0.5) is 5.69 Å². The number of nitrogen functional groups attached to an aromatic ring is 1. The van der Waals surface area contributed by atoms with Crippen molar-refractivity contribution >= 4 is 15.7 Å². The molecule has 0 bridgehead atoms. The zero-order valence-corrected chi connectivity index (χ0v) is 10.5. The Morgan fingerprint density at radius 2 is 2.00 bits per heavy atom. The number of hydrogen-bond acceptors (Lipinski definition) is 4. The fourth-order valence-electron chi connectivity index (χ4n) is 1.36. The first-order valence-electron chi connectivity index (χ1n) is 4.95. The average molecular weight is 243 g/mol. The van der Waals surface area contributed by atoms with Gasteiger partial charge < -0.3 is 5.73 Å². The third-order valence-corrected chi connectivity index (χ3v) is 3.59. The van der Waals surface area contributed by atoms with Crippen LogP contribution in [0.2, 0.25) is 0 Å². The maximum absolute atomic E-state index is 11.8. The summed E-state index contributed by atoms with van der Waals surface area (Å²) in [5, 5.41) is 1.37. The molecule has 1 aromatic rings. The molecule has 0 saturated heterocycles. The SMILES string of the molecule is CCc1ccc(S(=O)(=O)NN(C)C)cc1N. The van der Waals surface area contributed by atoms with Crippen LogP contribution in [-0.2, 0) is 16.4 Å². The molecule has 16 heavy (non-hydrogen) atoms. The van der Waals surface area contributed by atoms with E-state index in [1.807, 2.05) is 6.92 Å². The van der Waals surface area contributed by atoms with E-state index in [2.05, 4.69) is 4.83 Å². The smallest absolute Gasteiger partial charge is 0.253 e. The number of anilines is 1. The van der Waals surface area contributed by atoms with Gasteiger partial charge in [0, 0.05) is 19.8 Å². The second kappa shape index (κ2) is 4.82. The van der Waals surface area contributed by atoms with Gasteiger partial charge in [-0.3, -0.25) is 0 Å². The van der Waals surface area contributed by atoms with Crippen LogP contribution in [0.15, 0.2) is 23.1 Å². The molecular weight excluding hydrogens is 226 g/mol. The normalized spacial score (nSPS) is 12.0. The summed E-state index contributed by atoms with van der Waals surface area (Å²) in [5.41, 5.74) is 7.21. The van der Waals surface area contributed by atoms with E-state index in [9.17, 15) is 8.42 Å². The lowest BCUT2D eigenvalue weighted by molar-refractivity contribution is 0.364. The zero-order valence-electron chi connectivity index (χ0n) is 9.69. The van der Waals surface area contributed by atoms with Crippen LogP contribution in [0.25, 0.3) is 0 Å². The summed E-state index contributed by atoms with van der Waals surface area (Å²) in [7, 11) is -0.286. The molecule has 0 fully saturated rings. The van der Waals surface area contributed by atoms with E-state index in [0.29, 0.717) is 5.69 Å². The number of hydrogen-bond donors (Lipinski definition) is 2. The summed E-state index contributed by atoms with van der Waals surface area (Å²) in [4.78, 5) is 2.53.